The van der Waals surface area contributed by atoms with Crippen LogP contribution in [0.1, 0.15) is 12.8 Å². The molecule has 0 saturated carbocycles. The van der Waals surface area contributed by atoms with E-state index in [0.717, 1.165) is 18.6 Å². The first-order valence-electron chi connectivity index (χ1n) is 8.04. The second kappa shape index (κ2) is 8.41. The number of piperidine rings is 1. The number of halogens is 2. The Morgan fingerprint density at radius 1 is 1.24 bits per heavy atom. The SMILES string of the molecule is O=C(COc1ccc(Cl)cc1Cl)N1CCC(Oc2cccnc2)CC1. The number of ether oxygens (including phenoxy) is 2. The van der Waals surface area contributed by atoms with Crippen LogP contribution in [0.3, 0.4) is 0 Å². The quantitative estimate of drug-likeness (QED) is 0.790. The minimum atomic E-state index is -0.0640. The van der Waals surface area contributed by atoms with Crippen LogP contribution >= 0.6 is 23.2 Å². The molecule has 1 saturated heterocycles. The molecular weight excluding hydrogens is 363 g/mol. The van der Waals surface area contributed by atoms with Crippen molar-refractivity contribution < 1.29 is 14.3 Å². The number of amides is 1. The highest BCUT2D eigenvalue weighted by Gasteiger charge is 2.24. The van der Waals surface area contributed by atoms with Crippen LogP contribution in [0.5, 0.6) is 11.5 Å². The summed E-state index contributed by atoms with van der Waals surface area (Å²) in [6, 6.07) is 8.64. The molecule has 5 nitrogen and oxygen atoms in total. The lowest BCUT2D eigenvalue weighted by Gasteiger charge is -2.32. The van der Waals surface area contributed by atoms with Crippen molar-refractivity contribution in [1.82, 2.24) is 9.88 Å². The molecule has 1 aliphatic heterocycles. The van der Waals surface area contributed by atoms with Gasteiger partial charge in [0.05, 0.1) is 11.2 Å². The molecule has 3 rings (SSSR count). The molecule has 0 aliphatic carbocycles. The third-order valence-corrected chi connectivity index (χ3v) is 4.51. The summed E-state index contributed by atoms with van der Waals surface area (Å²) in [5.41, 5.74) is 0. The number of pyridine rings is 1. The summed E-state index contributed by atoms with van der Waals surface area (Å²) in [7, 11) is 0. The van der Waals surface area contributed by atoms with Gasteiger partial charge in [0.1, 0.15) is 17.6 Å². The molecule has 132 valence electrons. The third kappa shape index (κ3) is 5.00. The van der Waals surface area contributed by atoms with E-state index in [1.807, 2.05) is 12.1 Å². The maximum Gasteiger partial charge on any atom is 0.260 e. The number of nitrogens with zero attached hydrogens (tertiary/aromatic N) is 2. The van der Waals surface area contributed by atoms with Gasteiger partial charge in [-0.15, -0.1) is 0 Å². The van der Waals surface area contributed by atoms with Crippen molar-refractivity contribution in [1.29, 1.82) is 0 Å². The molecular formula is C18H18Cl2N2O3. The van der Waals surface area contributed by atoms with Gasteiger partial charge in [0, 0.05) is 37.2 Å². The van der Waals surface area contributed by atoms with Crippen LogP contribution in [-0.4, -0.2) is 41.6 Å². The van der Waals surface area contributed by atoms with Gasteiger partial charge in [-0.2, -0.15) is 0 Å². The van der Waals surface area contributed by atoms with Crippen molar-refractivity contribution in [2.75, 3.05) is 19.7 Å². The van der Waals surface area contributed by atoms with E-state index in [9.17, 15) is 4.79 Å². The maximum atomic E-state index is 12.3. The van der Waals surface area contributed by atoms with Crippen LogP contribution in [0.25, 0.3) is 0 Å². The predicted molar refractivity (Wildman–Crippen MR) is 96.4 cm³/mol. The molecule has 1 aliphatic rings. The second-order valence-electron chi connectivity index (χ2n) is 5.75. The molecule has 1 amide bonds. The monoisotopic (exact) mass is 380 g/mol. The fourth-order valence-corrected chi connectivity index (χ4v) is 3.12. The summed E-state index contributed by atoms with van der Waals surface area (Å²) >= 11 is 11.9. The molecule has 0 bridgehead atoms. The van der Waals surface area contributed by atoms with Crippen LogP contribution in [0.4, 0.5) is 0 Å². The predicted octanol–water partition coefficient (Wildman–Crippen LogP) is 3.84. The van der Waals surface area contributed by atoms with E-state index >= 15 is 0 Å². The van der Waals surface area contributed by atoms with E-state index in [0.29, 0.717) is 28.9 Å². The van der Waals surface area contributed by atoms with Gasteiger partial charge in [0.2, 0.25) is 0 Å². The Morgan fingerprint density at radius 3 is 2.72 bits per heavy atom. The Kier molecular flexibility index (Phi) is 6.00. The van der Waals surface area contributed by atoms with Crippen molar-refractivity contribution in [2.24, 2.45) is 0 Å². The van der Waals surface area contributed by atoms with Crippen LogP contribution in [0.15, 0.2) is 42.7 Å². The standard InChI is InChI=1S/C18H18Cl2N2O3/c19-13-3-4-17(16(20)10-13)24-12-18(23)22-8-5-14(6-9-22)25-15-2-1-7-21-11-15/h1-4,7,10-11,14H,5-6,8-9,12H2. The Balaban J connectivity index is 1.45. The minimum Gasteiger partial charge on any atom is -0.489 e. The molecule has 0 radical (unpaired) electrons. The fourth-order valence-electron chi connectivity index (χ4n) is 2.66. The zero-order valence-corrected chi connectivity index (χ0v) is 15.0. The Labute approximate surface area is 156 Å². The summed E-state index contributed by atoms with van der Waals surface area (Å²) in [5.74, 6) is 1.15. The van der Waals surface area contributed by atoms with Gasteiger partial charge in [-0.3, -0.25) is 9.78 Å². The summed E-state index contributed by atoms with van der Waals surface area (Å²) in [6.45, 7) is 1.23. The second-order valence-corrected chi connectivity index (χ2v) is 6.59. The lowest BCUT2D eigenvalue weighted by atomic mass is 10.1. The van der Waals surface area contributed by atoms with Crippen LogP contribution < -0.4 is 9.47 Å². The van der Waals surface area contributed by atoms with Crippen LogP contribution in [0, 0.1) is 0 Å². The summed E-state index contributed by atoms with van der Waals surface area (Å²) in [6.07, 6.45) is 5.06. The van der Waals surface area contributed by atoms with E-state index in [4.69, 9.17) is 32.7 Å². The Hall–Kier alpha value is -1.98. The van der Waals surface area contributed by atoms with Crippen molar-refractivity contribution in [3.8, 4) is 11.5 Å². The number of carbonyl (C=O) groups is 1. The number of hydrogen-bond donors (Lipinski definition) is 0. The van der Waals surface area contributed by atoms with Crippen LogP contribution in [-0.2, 0) is 4.79 Å². The molecule has 0 N–H and O–H groups in total. The first kappa shape index (κ1) is 17.8. The van der Waals surface area contributed by atoms with Gasteiger partial charge >= 0.3 is 0 Å². The first-order chi connectivity index (χ1) is 12.1. The normalized spacial score (nSPS) is 15.0. The van der Waals surface area contributed by atoms with E-state index in [1.54, 1.807) is 35.5 Å². The molecule has 25 heavy (non-hydrogen) atoms. The smallest absolute Gasteiger partial charge is 0.260 e. The van der Waals surface area contributed by atoms with Crippen LogP contribution in [0.2, 0.25) is 10.0 Å². The minimum absolute atomic E-state index is 0.0461. The van der Waals surface area contributed by atoms with E-state index in [2.05, 4.69) is 4.98 Å². The number of likely N-dealkylation sites (tertiary alicyclic amines) is 1. The summed E-state index contributed by atoms with van der Waals surface area (Å²) in [4.78, 5) is 18.1. The molecule has 0 atom stereocenters. The lowest BCUT2D eigenvalue weighted by Crippen LogP contribution is -2.43. The summed E-state index contributed by atoms with van der Waals surface area (Å²) in [5, 5.41) is 0.920. The van der Waals surface area contributed by atoms with Crippen molar-refractivity contribution in [3.63, 3.8) is 0 Å². The van der Waals surface area contributed by atoms with Gasteiger partial charge in [-0.05, 0) is 30.3 Å². The van der Waals surface area contributed by atoms with E-state index in [1.165, 1.54) is 0 Å². The highest BCUT2D eigenvalue weighted by Crippen LogP contribution is 2.27. The highest BCUT2D eigenvalue weighted by atomic mass is 35.5. The zero-order chi connectivity index (χ0) is 17.6. The fraction of sp³-hybridized carbons (Fsp3) is 0.333. The number of aromatic nitrogens is 1. The molecule has 7 heteroatoms. The molecule has 2 heterocycles. The third-order valence-electron chi connectivity index (χ3n) is 3.98. The Bertz CT molecular complexity index is 720. The van der Waals surface area contributed by atoms with Crippen molar-refractivity contribution >= 4 is 29.1 Å². The summed E-state index contributed by atoms with van der Waals surface area (Å²) < 4.78 is 11.4. The molecule has 1 aromatic heterocycles. The average Bonchev–Trinajstić information content (AvgIpc) is 2.62. The Morgan fingerprint density at radius 2 is 2.04 bits per heavy atom. The largest absolute Gasteiger partial charge is 0.489 e. The molecule has 1 fully saturated rings. The maximum absolute atomic E-state index is 12.3. The number of carbonyl (C=O) groups excluding carboxylic acids is 1. The van der Waals surface area contributed by atoms with E-state index in [-0.39, 0.29) is 18.6 Å². The molecule has 1 aromatic carbocycles. The molecule has 0 spiro atoms. The van der Waals surface area contributed by atoms with Gasteiger partial charge in [-0.1, -0.05) is 23.2 Å². The number of rotatable bonds is 5. The first-order valence-corrected chi connectivity index (χ1v) is 8.80. The van der Waals surface area contributed by atoms with Gasteiger partial charge in [0.15, 0.2) is 6.61 Å². The van der Waals surface area contributed by atoms with E-state index < -0.39 is 0 Å². The van der Waals surface area contributed by atoms with Gasteiger partial charge in [0.25, 0.3) is 5.91 Å². The van der Waals surface area contributed by atoms with Gasteiger partial charge in [-0.25, -0.2) is 0 Å². The van der Waals surface area contributed by atoms with Gasteiger partial charge < -0.3 is 14.4 Å². The number of benzene rings is 1. The lowest BCUT2D eigenvalue weighted by molar-refractivity contribution is -0.135. The zero-order valence-electron chi connectivity index (χ0n) is 13.5. The van der Waals surface area contributed by atoms with Crippen molar-refractivity contribution in [3.05, 3.63) is 52.8 Å². The highest BCUT2D eigenvalue weighted by molar-refractivity contribution is 6.35. The van der Waals surface area contributed by atoms with Crippen molar-refractivity contribution in [2.45, 2.75) is 18.9 Å². The topological polar surface area (TPSA) is 51.7 Å². The number of hydrogen-bond acceptors (Lipinski definition) is 4. The molecule has 2 aromatic rings. The average molecular weight is 381 g/mol. The molecule has 0 unspecified atom stereocenters.